The van der Waals surface area contributed by atoms with E-state index in [-0.39, 0.29) is 35.5 Å². The first kappa shape index (κ1) is 32.0. The summed E-state index contributed by atoms with van der Waals surface area (Å²) < 4.78 is 7.91. The van der Waals surface area contributed by atoms with Gasteiger partial charge in [-0.2, -0.15) is 15.2 Å². The van der Waals surface area contributed by atoms with Crippen molar-refractivity contribution >= 4 is 33.5 Å². The highest BCUT2D eigenvalue weighted by Gasteiger charge is 2.33. The van der Waals surface area contributed by atoms with Crippen molar-refractivity contribution in [3.05, 3.63) is 95.3 Å². The van der Waals surface area contributed by atoms with Crippen molar-refractivity contribution in [2.24, 2.45) is 0 Å². The molecule has 3 aromatic carbocycles. The number of carbonyl (C=O) groups excluding carboxylic acids is 1. The lowest BCUT2D eigenvalue weighted by atomic mass is 10.0. The molecule has 0 saturated carbocycles. The van der Waals surface area contributed by atoms with Gasteiger partial charge >= 0.3 is 6.01 Å². The highest BCUT2D eigenvalue weighted by molar-refractivity contribution is 5.95. The SMILES string of the molecule is C=CC(=O)N1CCN(c2nc(OCC3CCCN3C)nc3c(=O)n(-c4cccc5cccc(C)c45)c(-c4ccccc4)nc23)C[C@@H]1CC#N. The van der Waals surface area contributed by atoms with E-state index in [4.69, 9.17) is 19.7 Å². The smallest absolute Gasteiger partial charge is 0.319 e. The summed E-state index contributed by atoms with van der Waals surface area (Å²) in [5, 5.41) is 11.6. The maximum absolute atomic E-state index is 15.0. The largest absolute Gasteiger partial charge is 0.462 e. The zero-order valence-corrected chi connectivity index (χ0v) is 27.7. The molecule has 2 fully saturated rings. The third-order valence-corrected chi connectivity index (χ3v) is 9.69. The van der Waals surface area contributed by atoms with Crippen LogP contribution in [0.2, 0.25) is 0 Å². The third kappa shape index (κ3) is 6.00. The quantitative estimate of drug-likeness (QED) is 0.215. The van der Waals surface area contributed by atoms with Gasteiger partial charge in [0, 0.05) is 36.6 Å². The van der Waals surface area contributed by atoms with Crippen LogP contribution < -0.4 is 15.2 Å². The minimum atomic E-state index is -0.404. The molecule has 2 aliphatic rings. The number of likely N-dealkylation sites (tertiary alicyclic amines) is 1. The van der Waals surface area contributed by atoms with Crippen LogP contribution in [0.5, 0.6) is 6.01 Å². The van der Waals surface area contributed by atoms with Gasteiger partial charge in [-0.05, 0) is 56.4 Å². The fourth-order valence-electron chi connectivity index (χ4n) is 7.11. The van der Waals surface area contributed by atoms with E-state index >= 15 is 0 Å². The predicted molar refractivity (Wildman–Crippen MR) is 190 cm³/mol. The van der Waals surface area contributed by atoms with Crippen LogP contribution in [0.15, 0.2) is 84.2 Å². The molecule has 49 heavy (non-hydrogen) atoms. The molecular formula is C38H38N8O3. The lowest BCUT2D eigenvalue weighted by Crippen LogP contribution is -2.55. The van der Waals surface area contributed by atoms with E-state index in [1.165, 1.54) is 6.08 Å². The summed E-state index contributed by atoms with van der Waals surface area (Å²) in [6, 6.07) is 23.7. The molecule has 11 nitrogen and oxygen atoms in total. The van der Waals surface area contributed by atoms with Gasteiger partial charge in [0.15, 0.2) is 11.3 Å². The molecule has 4 heterocycles. The van der Waals surface area contributed by atoms with Crippen molar-refractivity contribution in [3.63, 3.8) is 0 Å². The predicted octanol–water partition coefficient (Wildman–Crippen LogP) is 4.89. The van der Waals surface area contributed by atoms with Crippen LogP contribution in [0, 0.1) is 18.3 Å². The Hall–Kier alpha value is -5.60. The molecular weight excluding hydrogens is 616 g/mol. The van der Waals surface area contributed by atoms with Crippen molar-refractivity contribution < 1.29 is 9.53 Å². The van der Waals surface area contributed by atoms with Gasteiger partial charge in [-0.3, -0.25) is 14.2 Å². The first-order chi connectivity index (χ1) is 23.9. The molecule has 7 rings (SSSR count). The number of piperazine rings is 1. The number of benzene rings is 3. The average Bonchev–Trinajstić information content (AvgIpc) is 3.54. The molecule has 2 atom stereocenters. The zero-order valence-electron chi connectivity index (χ0n) is 27.7. The van der Waals surface area contributed by atoms with E-state index in [9.17, 15) is 14.9 Å². The van der Waals surface area contributed by atoms with Gasteiger partial charge < -0.3 is 19.4 Å². The van der Waals surface area contributed by atoms with Gasteiger partial charge in [0.2, 0.25) is 5.91 Å². The van der Waals surface area contributed by atoms with Gasteiger partial charge in [0.1, 0.15) is 17.9 Å². The molecule has 2 saturated heterocycles. The van der Waals surface area contributed by atoms with Gasteiger partial charge in [-0.15, -0.1) is 0 Å². The normalized spacial score (nSPS) is 18.1. The lowest BCUT2D eigenvalue weighted by Gasteiger charge is -2.40. The molecule has 2 aliphatic heterocycles. The van der Waals surface area contributed by atoms with Gasteiger partial charge in [-0.1, -0.05) is 67.2 Å². The highest BCUT2D eigenvalue weighted by Crippen LogP contribution is 2.32. The number of nitriles is 1. The molecule has 0 aliphatic carbocycles. The number of carbonyl (C=O) groups is 1. The number of aryl methyl sites for hydroxylation is 1. The highest BCUT2D eigenvalue weighted by atomic mass is 16.5. The maximum Gasteiger partial charge on any atom is 0.319 e. The van der Waals surface area contributed by atoms with Crippen molar-refractivity contribution in [1.29, 1.82) is 5.26 Å². The molecule has 0 spiro atoms. The van der Waals surface area contributed by atoms with E-state index < -0.39 is 6.04 Å². The van der Waals surface area contributed by atoms with E-state index in [0.717, 1.165) is 41.3 Å². The number of hydrogen-bond donors (Lipinski definition) is 0. The molecule has 11 heteroatoms. The Morgan fingerprint density at radius 2 is 1.80 bits per heavy atom. The Balaban J connectivity index is 1.46. The molecule has 0 radical (unpaired) electrons. The first-order valence-corrected chi connectivity index (χ1v) is 16.6. The third-order valence-electron chi connectivity index (χ3n) is 9.69. The van der Waals surface area contributed by atoms with E-state index in [1.807, 2.05) is 78.6 Å². The van der Waals surface area contributed by atoms with Gasteiger partial charge in [-0.25, -0.2) is 4.98 Å². The molecule has 0 bridgehead atoms. The summed E-state index contributed by atoms with van der Waals surface area (Å²) in [5.41, 5.74) is 2.61. The number of fused-ring (bicyclic) bond motifs is 2. The lowest BCUT2D eigenvalue weighted by molar-refractivity contribution is -0.128. The Kier molecular flexibility index (Phi) is 8.80. The van der Waals surface area contributed by atoms with E-state index in [2.05, 4.69) is 24.6 Å². The number of hydrogen-bond acceptors (Lipinski definition) is 9. The van der Waals surface area contributed by atoms with Crippen molar-refractivity contribution in [2.45, 2.75) is 38.3 Å². The number of aromatic nitrogens is 4. The Bertz CT molecular complexity index is 2150. The van der Waals surface area contributed by atoms with E-state index in [1.54, 1.807) is 9.47 Å². The van der Waals surface area contributed by atoms with Crippen LogP contribution in [0.1, 0.15) is 24.8 Å². The maximum atomic E-state index is 15.0. The van der Waals surface area contributed by atoms with E-state index in [0.29, 0.717) is 49.1 Å². The van der Waals surface area contributed by atoms with Gasteiger partial charge in [0.25, 0.3) is 5.56 Å². The van der Waals surface area contributed by atoms with Crippen LogP contribution in [-0.4, -0.2) is 87.1 Å². The van der Waals surface area contributed by atoms with Crippen molar-refractivity contribution in [3.8, 4) is 29.2 Å². The fraction of sp³-hybridized carbons (Fsp3) is 0.316. The zero-order chi connectivity index (χ0) is 34.1. The Morgan fingerprint density at radius 1 is 1.00 bits per heavy atom. The number of nitrogens with zero attached hydrogens (tertiary/aromatic N) is 8. The summed E-state index contributed by atoms with van der Waals surface area (Å²) >= 11 is 0. The number of anilines is 1. The van der Waals surface area contributed by atoms with Crippen LogP contribution in [-0.2, 0) is 4.79 Å². The summed E-state index contributed by atoms with van der Waals surface area (Å²) in [6.07, 6.45) is 3.49. The van der Waals surface area contributed by atoms with Crippen molar-refractivity contribution in [2.75, 3.05) is 44.7 Å². The Labute approximate surface area is 284 Å². The number of likely N-dealkylation sites (N-methyl/N-ethyl adjacent to an activating group) is 1. The second-order valence-electron chi connectivity index (χ2n) is 12.7. The summed E-state index contributed by atoms with van der Waals surface area (Å²) in [6.45, 7) is 8.14. The molecule has 248 valence electrons. The summed E-state index contributed by atoms with van der Waals surface area (Å²) in [7, 11) is 2.08. The summed E-state index contributed by atoms with van der Waals surface area (Å²) in [5.74, 6) is 0.660. The average molecular weight is 655 g/mol. The number of rotatable bonds is 8. The van der Waals surface area contributed by atoms with Crippen LogP contribution in [0.25, 0.3) is 38.9 Å². The topological polar surface area (TPSA) is 120 Å². The Morgan fingerprint density at radius 3 is 2.53 bits per heavy atom. The summed E-state index contributed by atoms with van der Waals surface area (Å²) in [4.78, 5) is 48.4. The molecule has 2 aromatic heterocycles. The molecule has 1 amide bonds. The van der Waals surface area contributed by atoms with Gasteiger partial charge in [0.05, 0.1) is 24.2 Å². The van der Waals surface area contributed by atoms with Crippen molar-refractivity contribution in [1.82, 2.24) is 29.3 Å². The first-order valence-electron chi connectivity index (χ1n) is 16.6. The van der Waals surface area contributed by atoms with Crippen LogP contribution >= 0.6 is 0 Å². The molecule has 5 aromatic rings. The second-order valence-corrected chi connectivity index (χ2v) is 12.7. The monoisotopic (exact) mass is 654 g/mol. The molecule has 0 N–H and O–H groups in total. The van der Waals surface area contributed by atoms with Crippen LogP contribution in [0.3, 0.4) is 0 Å². The minimum Gasteiger partial charge on any atom is -0.462 e. The molecule has 1 unspecified atom stereocenters. The number of amides is 1. The second kappa shape index (κ2) is 13.5. The fourth-order valence-corrected chi connectivity index (χ4v) is 7.11. The number of ether oxygens (including phenoxy) is 1. The minimum absolute atomic E-state index is 0.0937. The standard InChI is InChI=1S/C38H38N8O3/c1-4-31(47)45-22-21-44(23-28(45)18-19-39)36-33-34(41-38(42-36)49-24-29-16-10-20-43(29)3)37(48)46(35(40-33)27-12-6-5-7-13-27)30-17-9-15-26-14-8-11-25(2)32(26)30/h4-9,11-15,17,28-29H,1,10,16,18,20-24H2,2-3H3/t28-,29?/m0/s1. The van der Waals surface area contributed by atoms with Crippen LogP contribution in [0.4, 0.5) is 5.82 Å².